The van der Waals surface area contributed by atoms with Crippen molar-refractivity contribution in [3.63, 3.8) is 0 Å². The molecular weight excluding hydrogens is 1210 g/mol. The van der Waals surface area contributed by atoms with Gasteiger partial charge in [0, 0.05) is 35.9 Å². The SMILES string of the molecule is CO/C(=N\N[C@@]1(c2ccccc2)C(c2ccccc2)=NN[C@H]1c1ccccn1)c1ccccn1.CO/C(=N\N[C@]1(c2ccccc2)C(c2ccccc2)=NN[C@@H]1c1ccccn1)c1ccccn1.O.[N-]=C=S.[N-]=C=S.[N-]=C=S.[N-]=C=S.[Ni+3].[Ni+3]. The number of methoxy groups -OCH3 is 2. The molecule has 0 amide bonds. The van der Waals surface area contributed by atoms with Crippen LogP contribution < -0.4 is 21.7 Å². The number of rotatable bonds is 12. The van der Waals surface area contributed by atoms with Gasteiger partial charge in [-0.25, -0.2) is 0 Å². The van der Waals surface area contributed by atoms with Crippen molar-refractivity contribution in [1.29, 1.82) is 0 Å². The molecule has 0 unspecified atom stereocenters. The van der Waals surface area contributed by atoms with Gasteiger partial charge < -0.3 is 36.6 Å². The third-order valence-corrected chi connectivity index (χ3v) is 11.6. The predicted octanol–water partition coefficient (Wildman–Crippen LogP) is 9.84. The number of thiocarbonyl (C=S) groups is 4. The van der Waals surface area contributed by atoms with Gasteiger partial charge in [-0.2, -0.15) is 30.8 Å². The second-order valence-electron chi connectivity index (χ2n) is 15.9. The normalized spacial score (nSPS) is 16.6. The Kier molecular flexibility index (Phi) is 32.7. The first-order valence-electron chi connectivity index (χ1n) is 23.7. The molecule has 0 fully saturated rings. The van der Waals surface area contributed by atoms with E-state index in [1.54, 1.807) is 39.0 Å². The third-order valence-electron chi connectivity index (χ3n) is 11.6. The van der Waals surface area contributed by atoms with Crippen LogP contribution in [0, 0.1) is 0 Å². The second kappa shape index (κ2) is 38.7. The summed E-state index contributed by atoms with van der Waals surface area (Å²) in [6.45, 7) is 0. The van der Waals surface area contributed by atoms with Crippen LogP contribution in [0.1, 0.15) is 57.1 Å². The number of aromatic nitrogens is 4. The average Bonchev–Trinajstić information content (AvgIpc) is 4.33. The van der Waals surface area contributed by atoms with E-state index < -0.39 is 11.1 Å². The first-order valence-corrected chi connectivity index (χ1v) is 25.3. The monoisotopic (exact) mass is 1260 g/mol. The maximum atomic E-state index is 7.13. The number of hydrogen-bond donors (Lipinski definition) is 4. The van der Waals surface area contributed by atoms with Crippen molar-refractivity contribution in [3.05, 3.63) is 286 Å². The van der Waals surface area contributed by atoms with Crippen LogP contribution in [0.15, 0.2) is 239 Å². The zero-order valence-corrected chi connectivity index (χ0v) is 49.1. The van der Waals surface area contributed by atoms with Crippen LogP contribution in [0.4, 0.5) is 0 Å². The molecule has 25 heteroatoms. The van der Waals surface area contributed by atoms with E-state index >= 15 is 0 Å². The van der Waals surface area contributed by atoms with Gasteiger partial charge in [0.15, 0.2) is 11.1 Å². The number of nitrogens with zero attached hydrogens (tertiary/aromatic N) is 12. The Bertz CT molecular complexity index is 3170. The molecule has 8 aromatic rings. The van der Waals surface area contributed by atoms with Crippen LogP contribution >= 0.6 is 48.9 Å². The van der Waals surface area contributed by atoms with Crippen molar-refractivity contribution in [2.45, 2.75) is 23.2 Å². The van der Waals surface area contributed by atoms with Crippen LogP contribution in [-0.2, 0) is 53.5 Å². The predicted molar refractivity (Wildman–Crippen MR) is 332 cm³/mol. The molecule has 83 heavy (non-hydrogen) atoms. The molecule has 0 saturated carbocycles. The molecule has 6 heterocycles. The van der Waals surface area contributed by atoms with Crippen molar-refractivity contribution in [3.8, 4) is 0 Å². The molecule has 0 saturated heterocycles. The molecule has 4 aromatic heterocycles. The number of pyridine rings is 4. The van der Waals surface area contributed by atoms with Gasteiger partial charge in [-0.3, -0.25) is 41.6 Å². The van der Waals surface area contributed by atoms with Crippen molar-refractivity contribution in [2.75, 3.05) is 14.2 Å². The maximum absolute atomic E-state index is 7.13. The van der Waals surface area contributed by atoms with Crippen LogP contribution in [0.25, 0.3) is 21.6 Å². The van der Waals surface area contributed by atoms with Gasteiger partial charge in [-0.15, -0.1) is 10.2 Å². The maximum Gasteiger partial charge on any atom is 3.00 e. The van der Waals surface area contributed by atoms with Gasteiger partial charge in [0.1, 0.15) is 34.9 Å². The van der Waals surface area contributed by atoms with Crippen LogP contribution in [0.5, 0.6) is 0 Å². The quantitative estimate of drug-likeness (QED) is 0.0291. The summed E-state index contributed by atoms with van der Waals surface area (Å²) < 4.78 is 11.2. The van der Waals surface area contributed by atoms with Crippen LogP contribution in [0.3, 0.4) is 0 Å². The summed E-state index contributed by atoms with van der Waals surface area (Å²) in [4.78, 5) is 18.1. The number of hydrogen-bond acceptors (Lipinski definition) is 18. The summed E-state index contributed by atoms with van der Waals surface area (Å²) in [6, 6.07) is 62.7. The van der Waals surface area contributed by atoms with E-state index in [2.05, 4.69) is 115 Å². The minimum absolute atomic E-state index is 0. The fourth-order valence-electron chi connectivity index (χ4n) is 8.39. The van der Waals surface area contributed by atoms with Gasteiger partial charge in [-0.05, 0) is 59.7 Å². The molecule has 0 spiro atoms. The molecule has 422 valence electrons. The fourth-order valence-corrected chi connectivity index (χ4v) is 8.39. The first kappa shape index (κ1) is 70.2. The van der Waals surface area contributed by atoms with E-state index in [9.17, 15) is 0 Å². The molecule has 0 aliphatic carbocycles. The van der Waals surface area contributed by atoms with Crippen LogP contribution in [0.2, 0.25) is 0 Å². The number of hydrazone groups is 4. The summed E-state index contributed by atoms with van der Waals surface area (Å²) in [5, 5.41) is 52.9. The van der Waals surface area contributed by atoms with Crippen LogP contribution in [-0.4, -0.2) is 83.5 Å². The Hall–Kier alpha value is -8.89. The number of isothiocyanates is 4. The molecule has 4 atom stereocenters. The molecule has 0 bridgehead atoms. The van der Waals surface area contributed by atoms with Gasteiger partial charge in [0.05, 0.1) is 25.6 Å². The zero-order chi connectivity index (χ0) is 57.3. The summed E-state index contributed by atoms with van der Waals surface area (Å²) >= 11 is 14.8. The zero-order valence-electron chi connectivity index (χ0n) is 43.9. The molecule has 6 N–H and O–H groups in total. The molecular formula is C58H50N16Ni2O3S4+2. The van der Waals surface area contributed by atoms with E-state index in [1.807, 2.05) is 170 Å². The smallest absolute Gasteiger partial charge is 0.753 e. The Balaban J connectivity index is 0.000000462. The molecule has 19 nitrogen and oxygen atoms in total. The number of nitrogens with one attached hydrogen (secondary N) is 4. The Labute approximate surface area is 521 Å². The van der Waals surface area contributed by atoms with E-state index in [-0.39, 0.29) is 50.5 Å². The van der Waals surface area contributed by atoms with Crippen molar-refractivity contribution >= 4 is 92.7 Å². The Morgan fingerprint density at radius 1 is 0.446 bits per heavy atom. The summed E-state index contributed by atoms with van der Waals surface area (Å²) in [5.41, 5.74) is 20.2. The fraction of sp³-hybridized carbons (Fsp3) is 0.103. The molecule has 10 rings (SSSR count). The van der Waals surface area contributed by atoms with E-state index in [1.165, 1.54) is 20.6 Å². The van der Waals surface area contributed by atoms with Gasteiger partial charge >= 0.3 is 33.0 Å². The minimum atomic E-state index is -0.879. The van der Waals surface area contributed by atoms with Gasteiger partial charge in [0.25, 0.3) is 11.8 Å². The van der Waals surface area contributed by atoms with E-state index in [0.717, 1.165) is 45.1 Å². The molecule has 2 radical (unpaired) electrons. The topological polar surface area (TPSA) is 288 Å². The Morgan fingerprint density at radius 2 is 0.723 bits per heavy atom. The molecule has 4 aromatic carbocycles. The molecule has 2 aliphatic heterocycles. The Morgan fingerprint density at radius 3 is 0.988 bits per heavy atom. The van der Waals surface area contributed by atoms with Gasteiger partial charge in [0.2, 0.25) is 0 Å². The number of ether oxygens (including phenoxy) is 2. The van der Waals surface area contributed by atoms with Crippen molar-refractivity contribution in [2.24, 2.45) is 20.4 Å². The second-order valence-corrected chi connectivity index (χ2v) is 16.6. The van der Waals surface area contributed by atoms with Gasteiger partial charge in [-0.1, -0.05) is 194 Å². The third kappa shape index (κ3) is 18.6. The summed E-state index contributed by atoms with van der Waals surface area (Å²) in [7, 11) is 3.17. The standard InChI is InChI=1S/2C27H24N6O.4CNS.2Ni.H2O/c2*1-34-26(23-17-9-11-19-29-23)32-33-27(21-14-6-3-7-15-21)24(20-12-4-2-5-13-20)30-31-25(27)22-16-8-10-18-28-22;4*2-1-3;;;/h2*2-19,25,31,33H,1H3;;;;;;;1H2/q;;4*-1;2*+3;/b2*32-26-;;;;;;;/t2*25-,27-;;;;;;;/m10......./s1. The first-order chi connectivity index (χ1) is 39.3. The summed E-state index contributed by atoms with van der Waals surface area (Å²) in [6.07, 6.45) is 6.99. The average molecular weight is 1260 g/mol. The van der Waals surface area contributed by atoms with E-state index in [4.69, 9.17) is 51.5 Å². The molecule has 2 aliphatic rings. The number of benzene rings is 4. The van der Waals surface area contributed by atoms with E-state index in [0.29, 0.717) is 23.2 Å². The largest absolute Gasteiger partial charge is 3.00 e. The van der Waals surface area contributed by atoms with Crippen molar-refractivity contribution < 1.29 is 47.9 Å². The summed E-state index contributed by atoms with van der Waals surface area (Å²) in [5.74, 6) is 0.741. The van der Waals surface area contributed by atoms with Crippen molar-refractivity contribution in [1.82, 2.24) is 41.6 Å². The minimum Gasteiger partial charge on any atom is -0.753 e.